The molecule has 0 radical (unpaired) electrons. The average molecular weight is 571 g/mol. The van der Waals surface area contributed by atoms with Crippen LogP contribution < -0.4 is 26.3 Å². The molecule has 5 heteroatoms. The number of hydrogen-bond donors (Lipinski definition) is 0. The Balaban J connectivity index is 1.36. The monoisotopic (exact) mass is 570 g/mol. The Kier molecular flexibility index (Phi) is 7.10. The quantitative estimate of drug-likeness (QED) is 0.0900. The van der Waals surface area contributed by atoms with Gasteiger partial charge in [-0.25, -0.2) is 4.79 Å². The fourth-order valence-corrected chi connectivity index (χ4v) is 11.5. The van der Waals surface area contributed by atoms with Gasteiger partial charge < -0.3 is 0 Å². The average Bonchev–Trinajstić information content (AvgIpc) is 3.02. The summed E-state index contributed by atoms with van der Waals surface area (Å²) in [7, 11) is 0. The predicted molar refractivity (Wildman–Crippen MR) is 173 cm³/mol. The maximum atomic E-state index is 13.1. The van der Waals surface area contributed by atoms with Crippen LogP contribution in [0.15, 0.2) is 149 Å². The van der Waals surface area contributed by atoms with Gasteiger partial charge in [-0.05, 0) is 6.92 Å². The van der Waals surface area contributed by atoms with E-state index in [-0.39, 0.29) is 0 Å². The first-order valence-electron chi connectivity index (χ1n) is 13.9. The first-order chi connectivity index (χ1) is 20.3. The van der Waals surface area contributed by atoms with Crippen molar-refractivity contribution >= 4 is 39.5 Å². The summed E-state index contributed by atoms with van der Waals surface area (Å²) in [6.45, 7) is 1.30. The van der Waals surface area contributed by atoms with E-state index in [4.69, 9.17) is 9.15 Å². The fourth-order valence-electron chi connectivity index (χ4n) is 5.95. The zero-order valence-corrected chi connectivity index (χ0v) is 24.5. The van der Waals surface area contributed by atoms with Gasteiger partial charge in [0, 0.05) is 6.07 Å². The molecule has 208 valence electrons. The molecule has 0 unspecified atom stereocenters. The van der Waals surface area contributed by atoms with Crippen LogP contribution in [0.5, 0.6) is 5.75 Å². The molecule has 0 amide bonds. The molecule has 42 heavy (non-hydrogen) atoms. The van der Waals surface area contributed by atoms with Gasteiger partial charge in [0.05, 0.1) is 0 Å². The Labute approximate surface area is 245 Å². The summed E-state index contributed by atoms with van der Waals surface area (Å²) in [6, 6.07) is 46.6. The molecular formula is C37H31O4P. The van der Waals surface area contributed by atoms with Crippen LogP contribution in [-0.4, -0.2) is 12.6 Å². The summed E-state index contributed by atoms with van der Waals surface area (Å²) in [5, 5.41) is 4.72. The van der Waals surface area contributed by atoms with Gasteiger partial charge in [0.15, 0.2) is 0 Å². The third-order valence-corrected chi connectivity index (χ3v) is 14.5. The second-order valence-electron chi connectivity index (χ2n) is 11.0. The van der Waals surface area contributed by atoms with Crippen molar-refractivity contribution in [1.29, 1.82) is 0 Å². The van der Waals surface area contributed by atoms with Crippen LogP contribution in [0.1, 0.15) is 21.5 Å². The summed E-state index contributed by atoms with van der Waals surface area (Å²) >= 11 is 0. The molecule has 6 aromatic rings. The molecule has 0 fully saturated rings. The topological polar surface area (TPSA) is 56.5 Å². The second kappa shape index (κ2) is 10.9. The summed E-state index contributed by atoms with van der Waals surface area (Å²) in [4.78, 5) is 24.9. The van der Waals surface area contributed by atoms with E-state index in [0.29, 0.717) is 16.9 Å². The Hall–Kier alpha value is -4.79. The minimum atomic E-state index is -2.98. The maximum absolute atomic E-state index is 13.1. The van der Waals surface area contributed by atoms with Gasteiger partial charge in [-0.3, -0.25) is 0 Å². The Bertz CT molecular complexity index is 1830. The van der Waals surface area contributed by atoms with Crippen molar-refractivity contribution in [3.8, 4) is 5.75 Å². The third-order valence-electron chi connectivity index (χ3n) is 8.27. The normalized spacial score (nSPS) is 12.4. The van der Waals surface area contributed by atoms with E-state index >= 15 is 0 Å². The van der Waals surface area contributed by atoms with Crippen LogP contribution in [-0.2, 0) is 6.16 Å². The van der Waals surface area contributed by atoms with Gasteiger partial charge in [-0.1, -0.05) is 0 Å². The Morgan fingerprint density at radius 1 is 0.690 bits per heavy atom. The minimum absolute atomic E-state index is 0.320. The fraction of sp³-hybridized carbons (Fsp3) is 0.0811. The number of fused-ring (bicyclic) bond motifs is 1. The molecule has 0 spiro atoms. The molecule has 0 bridgehead atoms. The van der Waals surface area contributed by atoms with Gasteiger partial charge in [-0.2, -0.15) is 0 Å². The second-order valence-corrected chi connectivity index (χ2v) is 16.4. The van der Waals surface area contributed by atoms with Crippen molar-refractivity contribution in [2.24, 2.45) is 0 Å². The molecular weight excluding hydrogens is 539 g/mol. The number of aryl methyl sites for hydroxylation is 1. The van der Waals surface area contributed by atoms with Gasteiger partial charge in [0.25, 0.3) is 0 Å². The number of esters is 1. The predicted octanol–water partition coefficient (Wildman–Crippen LogP) is 6.98. The van der Waals surface area contributed by atoms with Crippen molar-refractivity contribution < 1.29 is 13.9 Å². The SMILES string of the molecule is Cc1cc(=O)oc2cc(OC(=O)c3ccc(CP(C)(c4ccccc4)(c4ccccc4)c4ccccc4)cc3)ccc12. The van der Waals surface area contributed by atoms with Gasteiger partial charge in [0.2, 0.25) is 0 Å². The van der Waals surface area contributed by atoms with E-state index in [1.165, 1.54) is 22.0 Å². The first kappa shape index (κ1) is 27.4. The van der Waals surface area contributed by atoms with Gasteiger partial charge >= 0.3 is 228 Å². The molecule has 4 nitrogen and oxygen atoms in total. The number of carbonyl (C=O) groups is 1. The Morgan fingerprint density at radius 3 is 1.74 bits per heavy atom. The number of benzene rings is 5. The van der Waals surface area contributed by atoms with Crippen LogP contribution in [0, 0.1) is 6.92 Å². The summed E-state index contributed by atoms with van der Waals surface area (Å²) in [5.41, 5.74) is 2.34. The van der Waals surface area contributed by atoms with Crippen molar-refractivity contribution in [3.63, 3.8) is 0 Å². The summed E-state index contributed by atoms with van der Waals surface area (Å²) in [6.07, 6.45) is 0.794. The van der Waals surface area contributed by atoms with Crippen LogP contribution in [0.25, 0.3) is 11.0 Å². The number of hydrogen-bond acceptors (Lipinski definition) is 4. The molecule has 0 atom stereocenters. The van der Waals surface area contributed by atoms with Gasteiger partial charge in [-0.15, -0.1) is 0 Å². The number of rotatable bonds is 7. The van der Waals surface area contributed by atoms with Crippen molar-refractivity contribution in [2.75, 3.05) is 6.66 Å². The van der Waals surface area contributed by atoms with Crippen LogP contribution in [0.3, 0.4) is 0 Å². The van der Waals surface area contributed by atoms with E-state index in [2.05, 4.69) is 97.7 Å². The van der Waals surface area contributed by atoms with Crippen LogP contribution >= 0.6 is 6.60 Å². The Morgan fingerprint density at radius 2 is 1.21 bits per heavy atom. The molecule has 0 aliphatic carbocycles. The van der Waals surface area contributed by atoms with E-state index in [1.807, 2.05) is 31.2 Å². The van der Waals surface area contributed by atoms with E-state index in [9.17, 15) is 9.59 Å². The van der Waals surface area contributed by atoms with Crippen LogP contribution in [0.2, 0.25) is 0 Å². The van der Waals surface area contributed by atoms with E-state index < -0.39 is 18.2 Å². The molecule has 0 N–H and O–H groups in total. The standard InChI is InChI=1S/C37H31O4P/c1-27-24-36(38)41-35-25-30(22-23-34(27)35)40-37(39)29-20-18-28(19-21-29)26-42(2,31-12-6-3-7-13-31,32-14-8-4-9-15-32)33-16-10-5-11-17-33/h3-25H,26H2,1-2H3. The molecule has 1 aromatic heterocycles. The van der Waals surface area contributed by atoms with Crippen LogP contribution in [0.4, 0.5) is 0 Å². The first-order valence-corrected chi connectivity index (χ1v) is 16.7. The van der Waals surface area contributed by atoms with E-state index in [1.54, 1.807) is 18.2 Å². The summed E-state index contributed by atoms with van der Waals surface area (Å²) in [5.74, 6) is -0.153. The molecule has 6 rings (SSSR count). The number of ether oxygens (including phenoxy) is 1. The zero-order chi connectivity index (χ0) is 29.2. The van der Waals surface area contributed by atoms with Gasteiger partial charge in [0.1, 0.15) is 0 Å². The molecule has 5 aromatic carbocycles. The molecule has 0 aliphatic rings. The van der Waals surface area contributed by atoms with Crippen molar-refractivity contribution in [2.45, 2.75) is 13.1 Å². The van der Waals surface area contributed by atoms with Crippen molar-refractivity contribution in [3.05, 3.63) is 167 Å². The van der Waals surface area contributed by atoms with Crippen molar-refractivity contribution in [1.82, 2.24) is 0 Å². The molecule has 1 heterocycles. The molecule has 0 aliphatic heterocycles. The zero-order valence-electron chi connectivity index (χ0n) is 23.6. The molecule has 0 saturated carbocycles. The van der Waals surface area contributed by atoms with E-state index in [0.717, 1.165) is 22.7 Å². The molecule has 0 saturated heterocycles. The number of carbonyl (C=O) groups excluding carboxylic acids is 1. The summed E-state index contributed by atoms with van der Waals surface area (Å²) < 4.78 is 11.0. The third kappa shape index (κ3) is 4.85.